The number of halogens is 1. The number of hydrogen-bond donors (Lipinski definition) is 4. The van der Waals surface area contributed by atoms with Crippen molar-refractivity contribution in [1.29, 1.82) is 0 Å². The van der Waals surface area contributed by atoms with E-state index < -0.39 is 0 Å². The fourth-order valence-electron chi connectivity index (χ4n) is 6.20. The van der Waals surface area contributed by atoms with Gasteiger partial charge in [0.1, 0.15) is 29.7 Å². The number of phenolic OH excluding ortho intramolecular Hbond substituents is 1. The van der Waals surface area contributed by atoms with Crippen molar-refractivity contribution < 1.29 is 19.7 Å². The molecule has 258 valence electrons. The highest BCUT2D eigenvalue weighted by molar-refractivity contribution is 6.30. The molecule has 0 radical (unpaired) electrons. The second kappa shape index (κ2) is 13.6. The molecule has 0 spiro atoms. The largest absolute Gasteiger partial charge is 0.507 e. The summed E-state index contributed by atoms with van der Waals surface area (Å²) in [5.41, 5.74) is 5.36. The smallest absolute Gasteiger partial charge is 0.324 e. The fraction of sp³-hybridized carbons (Fsp3) is 0.297. The Balaban J connectivity index is 0.993. The molecule has 13 heteroatoms. The lowest BCUT2D eigenvalue weighted by atomic mass is 9.92. The van der Waals surface area contributed by atoms with Gasteiger partial charge in [0.05, 0.1) is 35.8 Å². The number of carbonyl (C=O) groups excluding carboxylic acids is 1. The summed E-state index contributed by atoms with van der Waals surface area (Å²) in [7, 11) is 0. The van der Waals surface area contributed by atoms with Crippen LogP contribution in [0.1, 0.15) is 49.0 Å². The number of anilines is 2. The number of allylic oxidation sites excluding steroid dienone is 1. The van der Waals surface area contributed by atoms with Gasteiger partial charge in [-0.25, -0.2) is 9.48 Å². The van der Waals surface area contributed by atoms with Crippen molar-refractivity contribution in [2.45, 2.75) is 52.3 Å². The summed E-state index contributed by atoms with van der Waals surface area (Å²) >= 11 is 6.16. The van der Waals surface area contributed by atoms with Gasteiger partial charge in [0.2, 0.25) is 0 Å². The van der Waals surface area contributed by atoms with Crippen LogP contribution in [-0.2, 0) is 31.5 Å². The van der Waals surface area contributed by atoms with Gasteiger partial charge in [-0.1, -0.05) is 56.7 Å². The Kier molecular flexibility index (Phi) is 9.08. The van der Waals surface area contributed by atoms with Gasteiger partial charge >= 0.3 is 6.03 Å². The van der Waals surface area contributed by atoms with E-state index in [1.807, 2.05) is 53.1 Å². The minimum absolute atomic E-state index is 0.0493. The molecule has 4 N–H and O–H groups in total. The van der Waals surface area contributed by atoms with Crippen molar-refractivity contribution in [2.24, 2.45) is 0 Å². The van der Waals surface area contributed by atoms with Gasteiger partial charge in [0.15, 0.2) is 5.82 Å². The predicted molar refractivity (Wildman–Crippen MR) is 193 cm³/mol. The summed E-state index contributed by atoms with van der Waals surface area (Å²) in [5, 5.41) is 39.9. The lowest BCUT2D eigenvalue weighted by Gasteiger charge is -2.27. The Morgan fingerprint density at radius 2 is 1.84 bits per heavy atom. The molecule has 0 saturated carbocycles. The number of aromatic hydroxyl groups is 1. The predicted octanol–water partition coefficient (Wildman–Crippen LogP) is 6.39. The number of nitrogens with zero attached hydrogens (tertiary/aromatic N) is 6. The zero-order chi connectivity index (χ0) is 35.0. The van der Waals surface area contributed by atoms with Crippen LogP contribution in [0, 0.1) is 0 Å². The van der Waals surface area contributed by atoms with Crippen molar-refractivity contribution in [3.63, 3.8) is 0 Å². The number of nitrogens with one attached hydrogen (secondary N) is 2. The molecule has 7 rings (SSSR count). The Hall–Kier alpha value is -5.17. The number of amides is 2. The molecule has 12 nitrogen and oxygen atoms in total. The van der Waals surface area contributed by atoms with Crippen LogP contribution in [0.25, 0.3) is 23.2 Å². The molecule has 0 atom stereocenters. The number of phenols is 1. The first-order chi connectivity index (χ1) is 24.1. The van der Waals surface area contributed by atoms with Crippen LogP contribution < -0.4 is 15.4 Å². The minimum atomic E-state index is -0.388. The normalized spacial score (nSPS) is 14.0. The van der Waals surface area contributed by atoms with Crippen LogP contribution in [0.15, 0.2) is 66.7 Å². The average molecular weight is 695 g/mol. The molecule has 2 aliphatic rings. The van der Waals surface area contributed by atoms with Crippen LogP contribution in [0.5, 0.6) is 11.5 Å². The second-order valence-corrected chi connectivity index (χ2v) is 13.9. The Morgan fingerprint density at radius 3 is 2.62 bits per heavy atom. The van der Waals surface area contributed by atoms with Crippen LogP contribution in [0.3, 0.4) is 0 Å². The maximum atomic E-state index is 13.4. The summed E-state index contributed by atoms with van der Waals surface area (Å²) in [6, 6.07) is 17.6. The maximum absolute atomic E-state index is 13.4. The third-order valence-corrected chi connectivity index (χ3v) is 9.18. The van der Waals surface area contributed by atoms with Gasteiger partial charge < -0.3 is 24.8 Å². The van der Waals surface area contributed by atoms with Gasteiger partial charge in [-0.05, 0) is 54.4 Å². The third kappa shape index (κ3) is 6.82. The molecule has 1 aliphatic carbocycles. The number of ether oxygens (including phenoxy) is 1. The Labute approximate surface area is 295 Å². The van der Waals surface area contributed by atoms with E-state index in [2.05, 4.69) is 52.6 Å². The van der Waals surface area contributed by atoms with Crippen molar-refractivity contribution in [3.05, 3.63) is 100.0 Å². The number of urea groups is 1. The molecule has 2 amide bonds. The summed E-state index contributed by atoms with van der Waals surface area (Å²) in [6.07, 6.45) is 4.78. The lowest BCUT2D eigenvalue weighted by Crippen LogP contribution is -2.36. The molecule has 0 fully saturated rings. The molecule has 1 aliphatic heterocycles. The van der Waals surface area contributed by atoms with Crippen LogP contribution >= 0.6 is 11.6 Å². The number of aromatic nitrogens is 5. The first-order valence-electron chi connectivity index (χ1n) is 16.5. The van der Waals surface area contributed by atoms with Gasteiger partial charge in [-0.15, -0.1) is 10.2 Å². The number of hydrogen-bond acceptors (Lipinski definition) is 8. The number of fused-ring (bicyclic) bond motifs is 2. The zero-order valence-corrected chi connectivity index (χ0v) is 28.9. The van der Waals surface area contributed by atoms with Gasteiger partial charge in [0.25, 0.3) is 0 Å². The summed E-state index contributed by atoms with van der Waals surface area (Å²) < 4.78 is 10.0. The van der Waals surface area contributed by atoms with Gasteiger partial charge in [0, 0.05) is 47.3 Å². The number of rotatable bonds is 9. The number of aliphatic hydroxyl groups is 1. The molecular weight excluding hydrogens is 656 g/mol. The molecule has 50 heavy (non-hydrogen) atoms. The number of benzene rings is 3. The SMILES string of the molecule is CC(C)(C)c1cc(NC(=O)Nc2ccc(OCCN3CCn4c(nnc4-c4cc(Cl)ccc4O)C3)c3c2C=CC3)n(-c2ccc(CO)cc2)n1. The standard InChI is InChI=1S/C37H39ClN8O4/c1-37(2,3)32-20-33(46(43-32)25-10-7-23(22-47)8-11-25)40-36(49)39-29-12-14-31(27-6-4-5-26(27)29)50-18-17-44-15-16-45-34(21-44)41-42-35(45)28-19-24(38)9-13-30(28)48/h4-5,7-14,19-20,47-48H,6,15-18,21-22H2,1-3H3,(H2,39,40,49). The maximum Gasteiger partial charge on any atom is 0.324 e. The van der Waals surface area contributed by atoms with Crippen LogP contribution in [0.4, 0.5) is 16.3 Å². The van der Waals surface area contributed by atoms with Crippen LogP contribution in [0.2, 0.25) is 5.02 Å². The van der Waals surface area contributed by atoms with E-state index in [9.17, 15) is 15.0 Å². The van der Waals surface area contributed by atoms with Crippen molar-refractivity contribution >= 4 is 35.2 Å². The van der Waals surface area contributed by atoms with E-state index >= 15 is 0 Å². The Bertz CT molecular complexity index is 2080. The summed E-state index contributed by atoms with van der Waals surface area (Å²) in [6.45, 7) is 9.42. The Morgan fingerprint density at radius 1 is 1.02 bits per heavy atom. The quantitative estimate of drug-likeness (QED) is 0.139. The van der Waals surface area contributed by atoms with Crippen LogP contribution in [-0.4, -0.2) is 65.4 Å². The molecule has 0 unspecified atom stereocenters. The molecule has 0 bridgehead atoms. The first-order valence-corrected chi connectivity index (χ1v) is 16.9. The molecular formula is C37H39ClN8O4. The van der Waals surface area contributed by atoms with E-state index in [1.165, 1.54) is 0 Å². The fourth-order valence-corrected chi connectivity index (χ4v) is 6.37. The van der Waals surface area contributed by atoms with E-state index in [4.69, 9.17) is 21.4 Å². The topological polar surface area (TPSA) is 143 Å². The second-order valence-electron chi connectivity index (χ2n) is 13.5. The van der Waals surface area contributed by atoms with E-state index in [1.54, 1.807) is 22.9 Å². The van der Waals surface area contributed by atoms with E-state index in [0.717, 1.165) is 46.2 Å². The van der Waals surface area contributed by atoms with Gasteiger partial charge in [-0.2, -0.15) is 5.10 Å². The minimum Gasteiger partial charge on any atom is -0.507 e. The highest BCUT2D eigenvalue weighted by Crippen LogP contribution is 2.36. The molecule has 5 aromatic rings. The molecule has 0 saturated heterocycles. The highest BCUT2D eigenvalue weighted by atomic mass is 35.5. The average Bonchev–Trinajstić information content (AvgIpc) is 3.86. The molecule has 3 aromatic carbocycles. The highest BCUT2D eigenvalue weighted by Gasteiger charge is 2.25. The monoisotopic (exact) mass is 694 g/mol. The van der Waals surface area contributed by atoms with Crippen molar-refractivity contribution in [2.75, 3.05) is 30.3 Å². The van der Waals surface area contributed by atoms with Gasteiger partial charge in [-0.3, -0.25) is 10.2 Å². The first kappa shape index (κ1) is 33.3. The van der Waals surface area contributed by atoms with E-state index in [0.29, 0.717) is 60.6 Å². The lowest BCUT2D eigenvalue weighted by molar-refractivity contribution is 0.174. The molecule has 3 heterocycles. The number of aliphatic hydroxyl groups excluding tert-OH is 1. The summed E-state index contributed by atoms with van der Waals surface area (Å²) in [4.78, 5) is 15.6. The van der Waals surface area contributed by atoms with E-state index in [-0.39, 0.29) is 23.8 Å². The molecule has 2 aromatic heterocycles. The third-order valence-electron chi connectivity index (χ3n) is 8.95. The zero-order valence-electron chi connectivity index (χ0n) is 28.2. The van der Waals surface area contributed by atoms with Crippen molar-refractivity contribution in [1.82, 2.24) is 29.4 Å². The van der Waals surface area contributed by atoms with Crippen molar-refractivity contribution in [3.8, 4) is 28.6 Å². The number of carbonyl (C=O) groups is 1. The summed E-state index contributed by atoms with van der Waals surface area (Å²) in [5.74, 6) is 2.87.